The third-order valence-electron chi connectivity index (χ3n) is 2.80. The van der Waals surface area contributed by atoms with Gasteiger partial charge in [-0.25, -0.2) is 8.42 Å². The second-order valence-corrected chi connectivity index (χ2v) is 7.34. The van der Waals surface area contributed by atoms with E-state index in [1.165, 1.54) is 11.6 Å². The van der Waals surface area contributed by atoms with Crippen molar-refractivity contribution >= 4 is 21.8 Å². The van der Waals surface area contributed by atoms with Gasteiger partial charge in [-0.3, -0.25) is 4.79 Å². The highest BCUT2D eigenvalue weighted by Gasteiger charge is 2.02. The Morgan fingerprint density at radius 2 is 1.85 bits per heavy atom. The van der Waals surface area contributed by atoms with Crippen molar-refractivity contribution in [1.29, 1.82) is 0 Å². The summed E-state index contributed by atoms with van der Waals surface area (Å²) in [4.78, 5) is 11.5. The van der Waals surface area contributed by atoms with Crippen LogP contribution in [0.5, 0.6) is 0 Å². The molecule has 0 saturated heterocycles. The molecule has 0 aliphatic heterocycles. The van der Waals surface area contributed by atoms with Gasteiger partial charge in [0.2, 0.25) is 5.91 Å². The Morgan fingerprint density at radius 1 is 1.25 bits per heavy atom. The minimum absolute atomic E-state index is 0.0460. The molecular formula is C15H21NO3S. The Labute approximate surface area is 120 Å². The van der Waals surface area contributed by atoms with E-state index in [2.05, 4.69) is 19.2 Å². The van der Waals surface area contributed by atoms with Gasteiger partial charge in [-0.1, -0.05) is 38.1 Å². The number of hydrogen-bond acceptors (Lipinski definition) is 3. The van der Waals surface area contributed by atoms with Gasteiger partial charge in [0.25, 0.3) is 0 Å². The highest BCUT2D eigenvalue weighted by molar-refractivity contribution is 7.90. The minimum atomic E-state index is -3.04. The van der Waals surface area contributed by atoms with Crippen LogP contribution in [0.15, 0.2) is 30.3 Å². The fourth-order valence-electron chi connectivity index (χ4n) is 1.58. The lowest BCUT2D eigenvalue weighted by Gasteiger charge is -2.04. The van der Waals surface area contributed by atoms with Crippen LogP contribution < -0.4 is 5.32 Å². The number of amides is 1. The van der Waals surface area contributed by atoms with E-state index in [0.717, 1.165) is 11.8 Å². The molecule has 0 unspecified atom stereocenters. The summed E-state index contributed by atoms with van der Waals surface area (Å²) in [6.45, 7) is 4.38. The molecule has 1 amide bonds. The van der Waals surface area contributed by atoms with E-state index >= 15 is 0 Å². The number of hydrogen-bond donors (Lipinski definition) is 1. The molecule has 1 rings (SSSR count). The first kappa shape index (κ1) is 16.4. The predicted molar refractivity (Wildman–Crippen MR) is 82.3 cm³/mol. The predicted octanol–water partition coefficient (Wildman–Crippen LogP) is 1.98. The second kappa shape index (κ2) is 7.24. The van der Waals surface area contributed by atoms with Crippen LogP contribution in [0.2, 0.25) is 0 Å². The molecule has 0 bridgehead atoms. The average Bonchev–Trinajstić information content (AvgIpc) is 2.35. The molecule has 20 heavy (non-hydrogen) atoms. The van der Waals surface area contributed by atoms with Crippen molar-refractivity contribution in [1.82, 2.24) is 5.32 Å². The summed E-state index contributed by atoms with van der Waals surface area (Å²) in [5.41, 5.74) is 2.19. The van der Waals surface area contributed by atoms with Crippen LogP contribution in [0.4, 0.5) is 0 Å². The number of carbonyl (C=O) groups excluding carboxylic acids is 1. The lowest BCUT2D eigenvalue weighted by molar-refractivity contribution is -0.116. The Balaban J connectivity index is 2.49. The summed E-state index contributed by atoms with van der Waals surface area (Å²) in [6, 6.07) is 7.98. The van der Waals surface area contributed by atoms with Gasteiger partial charge < -0.3 is 5.32 Å². The molecule has 0 radical (unpaired) electrons. The SMILES string of the molecule is CC(C)c1ccc(C=CC(=O)NCCS(C)(=O)=O)cc1. The van der Waals surface area contributed by atoms with E-state index in [-0.39, 0.29) is 18.2 Å². The molecule has 1 aromatic rings. The van der Waals surface area contributed by atoms with Crippen molar-refractivity contribution in [3.8, 4) is 0 Å². The number of carbonyl (C=O) groups is 1. The van der Waals surface area contributed by atoms with Crippen LogP contribution in [0.25, 0.3) is 6.08 Å². The number of rotatable bonds is 6. The molecule has 4 nitrogen and oxygen atoms in total. The van der Waals surface area contributed by atoms with Crippen LogP contribution >= 0.6 is 0 Å². The van der Waals surface area contributed by atoms with Gasteiger partial charge >= 0.3 is 0 Å². The average molecular weight is 295 g/mol. The zero-order valence-electron chi connectivity index (χ0n) is 12.1. The molecule has 0 fully saturated rings. The lowest BCUT2D eigenvalue weighted by atomic mass is 10.0. The third kappa shape index (κ3) is 6.52. The first-order chi connectivity index (χ1) is 9.28. The van der Waals surface area contributed by atoms with Gasteiger partial charge in [0.15, 0.2) is 0 Å². The van der Waals surface area contributed by atoms with Crippen molar-refractivity contribution in [3.05, 3.63) is 41.5 Å². The zero-order chi connectivity index (χ0) is 15.2. The Hall–Kier alpha value is -1.62. The van der Waals surface area contributed by atoms with Crippen LogP contribution in [-0.4, -0.2) is 32.9 Å². The second-order valence-electron chi connectivity index (χ2n) is 5.08. The van der Waals surface area contributed by atoms with Crippen molar-refractivity contribution in [2.24, 2.45) is 0 Å². The Kier molecular flexibility index (Phi) is 5.95. The Bertz CT molecular complexity index is 572. The third-order valence-corrected chi connectivity index (χ3v) is 3.75. The summed E-state index contributed by atoms with van der Waals surface area (Å²) in [5, 5.41) is 2.53. The standard InChI is InChI=1S/C15H21NO3S/c1-12(2)14-7-4-13(5-8-14)6-9-15(17)16-10-11-20(3,18)19/h4-9,12H,10-11H2,1-3H3,(H,16,17). The van der Waals surface area contributed by atoms with Gasteiger partial charge in [-0.2, -0.15) is 0 Å². The first-order valence-electron chi connectivity index (χ1n) is 6.51. The van der Waals surface area contributed by atoms with E-state index in [1.807, 2.05) is 24.3 Å². The summed E-state index contributed by atoms with van der Waals surface area (Å²) in [5.74, 6) is 0.143. The van der Waals surface area contributed by atoms with Crippen molar-refractivity contribution < 1.29 is 13.2 Å². The van der Waals surface area contributed by atoms with E-state index in [4.69, 9.17) is 0 Å². The quantitative estimate of drug-likeness (QED) is 0.816. The molecule has 1 aromatic carbocycles. The van der Waals surface area contributed by atoms with Gasteiger partial charge in [0, 0.05) is 18.9 Å². The molecule has 0 aliphatic rings. The summed E-state index contributed by atoms with van der Waals surface area (Å²) in [6.07, 6.45) is 4.26. The maximum absolute atomic E-state index is 11.5. The largest absolute Gasteiger partial charge is 0.352 e. The number of sulfone groups is 1. The molecule has 0 spiro atoms. The minimum Gasteiger partial charge on any atom is -0.352 e. The molecule has 0 aromatic heterocycles. The highest BCUT2D eigenvalue weighted by atomic mass is 32.2. The molecular weight excluding hydrogens is 274 g/mol. The molecule has 0 saturated carbocycles. The molecule has 110 valence electrons. The normalized spacial score (nSPS) is 12.0. The maximum Gasteiger partial charge on any atom is 0.244 e. The molecule has 0 heterocycles. The van der Waals surface area contributed by atoms with E-state index < -0.39 is 9.84 Å². The monoisotopic (exact) mass is 295 g/mol. The van der Waals surface area contributed by atoms with E-state index in [9.17, 15) is 13.2 Å². The molecule has 0 atom stereocenters. The van der Waals surface area contributed by atoms with Gasteiger partial charge in [-0.15, -0.1) is 0 Å². The number of benzene rings is 1. The molecule has 1 N–H and O–H groups in total. The van der Waals surface area contributed by atoms with Crippen LogP contribution in [0.1, 0.15) is 30.9 Å². The summed E-state index contributed by atoms with van der Waals surface area (Å²) >= 11 is 0. The fraction of sp³-hybridized carbons (Fsp3) is 0.400. The van der Waals surface area contributed by atoms with E-state index in [0.29, 0.717) is 5.92 Å². The fourth-order valence-corrected chi connectivity index (χ4v) is 2.06. The number of nitrogens with one attached hydrogen (secondary N) is 1. The van der Waals surface area contributed by atoms with Gasteiger partial charge in [0.05, 0.1) is 5.75 Å². The van der Waals surface area contributed by atoms with Crippen LogP contribution in [0.3, 0.4) is 0 Å². The lowest BCUT2D eigenvalue weighted by Crippen LogP contribution is -2.27. The molecule has 5 heteroatoms. The summed E-state index contributed by atoms with van der Waals surface area (Å²) < 4.78 is 21.8. The van der Waals surface area contributed by atoms with Crippen molar-refractivity contribution in [2.45, 2.75) is 19.8 Å². The zero-order valence-corrected chi connectivity index (χ0v) is 12.9. The summed E-state index contributed by atoms with van der Waals surface area (Å²) in [7, 11) is -3.04. The topological polar surface area (TPSA) is 63.2 Å². The van der Waals surface area contributed by atoms with Gasteiger partial charge in [-0.05, 0) is 23.1 Å². The van der Waals surface area contributed by atoms with Crippen molar-refractivity contribution in [2.75, 3.05) is 18.6 Å². The van der Waals surface area contributed by atoms with Crippen LogP contribution in [-0.2, 0) is 14.6 Å². The maximum atomic E-state index is 11.5. The van der Waals surface area contributed by atoms with E-state index in [1.54, 1.807) is 6.08 Å². The molecule has 0 aliphatic carbocycles. The Morgan fingerprint density at radius 3 is 2.35 bits per heavy atom. The van der Waals surface area contributed by atoms with Gasteiger partial charge in [0.1, 0.15) is 9.84 Å². The van der Waals surface area contributed by atoms with Crippen molar-refractivity contribution in [3.63, 3.8) is 0 Å². The first-order valence-corrected chi connectivity index (χ1v) is 8.57. The highest BCUT2D eigenvalue weighted by Crippen LogP contribution is 2.15. The smallest absolute Gasteiger partial charge is 0.244 e. The van der Waals surface area contributed by atoms with Crippen LogP contribution in [0, 0.1) is 0 Å².